The molecular weight excluding hydrogens is 228 g/mol. The monoisotopic (exact) mass is 250 g/mol. The van der Waals surface area contributed by atoms with E-state index in [9.17, 15) is 4.79 Å². The lowest BCUT2D eigenvalue weighted by Crippen LogP contribution is -2.33. The van der Waals surface area contributed by atoms with E-state index in [2.05, 4.69) is 15.3 Å². The first-order valence-corrected chi connectivity index (χ1v) is 6.66. The van der Waals surface area contributed by atoms with E-state index in [-0.39, 0.29) is 0 Å². The number of rotatable bonds is 5. The fraction of sp³-hybridized carbons (Fsp3) is 0.692. The van der Waals surface area contributed by atoms with Gasteiger partial charge in [0.1, 0.15) is 5.78 Å². The molecule has 1 aromatic rings. The highest BCUT2D eigenvalue weighted by atomic mass is 16.1. The molecule has 5 nitrogen and oxygen atoms in total. The molecule has 0 bridgehead atoms. The Labute approximate surface area is 108 Å². The van der Waals surface area contributed by atoms with Crippen LogP contribution in [0.4, 0.5) is 0 Å². The summed E-state index contributed by atoms with van der Waals surface area (Å²) in [7, 11) is 1.90. The number of carbonyl (C=O) groups is 1. The zero-order valence-corrected chi connectivity index (χ0v) is 11.1. The van der Waals surface area contributed by atoms with E-state index in [1.807, 2.05) is 19.4 Å². The average molecular weight is 250 g/mol. The highest BCUT2D eigenvalue weighted by molar-refractivity contribution is 5.80. The summed E-state index contributed by atoms with van der Waals surface area (Å²) < 4.78 is 1.78. The predicted molar refractivity (Wildman–Crippen MR) is 70.5 cm³/mol. The van der Waals surface area contributed by atoms with Crippen LogP contribution in [0.2, 0.25) is 0 Å². The molecule has 1 N–H and O–H groups in total. The van der Waals surface area contributed by atoms with Crippen LogP contribution in [0, 0.1) is 0 Å². The van der Waals surface area contributed by atoms with Crippen molar-refractivity contribution in [3.8, 4) is 0 Å². The molecular formula is C13H22N4O. The maximum Gasteiger partial charge on any atom is 0.147 e. The summed E-state index contributed by atoms with van der Waals surface area (Å²) in [5.74, 6) is 0.334. The van der Waals surface area contributed by atoms with Crippen LogP contribution >= 0.6 is 0 Å². The minimum Gasteiger partial charge on any atom is -0.315 e. The molecule has 1 aliphatic rings. The van der Waals surface area contributed by atoms with Crippen molar-refractivity contribution in [2.75, 3.05) is 32.7 Å². The number of nitrogens with zero attached hydrogens (tertiary/aromatic N) is 3. The van der Waals surface area contributed by atoms with Crippen LogP contribution in [0.25, 0.3) is 0 Å². The van der Waals surface area contributed by atoms with Gasteiger partial charge in [0.25, 0.3) is 0 Å². The summed E-state index contributed by atoms with van der Waals surface area (Å²) in [6, 6.07) is 0. The number of hydrogen-bond donors (Lipinski definition) is 1. The molecule has 2 heterocycles. The molecule has 0 unspecified atom stereocenters. The third kappa shape index (κ3) is 4.23. The number of hydrogen-bond acceptors (Lipinski definition) is 4. The van der Waals surface area contributed by atoms with Gasteiger partial charge < -0.3 is 5.32 Å². The molecule has 0 aromatic carbocycles. The van der Waals surface area contributed by atoms with Gasteiger partial charge in [0.2, 0.25) is 0 Å². The number of nitrogens with one attached hydrogen (secondary N) is 1. The van der Waals surface area contributed by atoms with Gasteiger partial charge in [-0.15, -0.1) is 0 Å². The van der Waals surface area contributed by atoms with Gasteiger partial charge >= 0.3 is 0 Å². The molecule has 1 aromatic heterocycles. The predicted octanol–water partition coefficient (Wildman–Crippen LogP) is 0.217. The van der Waals surface area contributed by atoms with Crippen LogP contribution in [-0.2, 0) is 18.3 Å². The normalized spacial score (nSPS) is 17.6. The SMILES string of the molecule is Cn1cc(CCC(=O)CN2CCCNCC2)cn1. The maximum absolute atomic E-state index is 11.9. The fourth-order valence-electron chi connectivity index (χ4n) is 2.27. The highest BCUT2D eigenvalue weighted by Crippen LogP contribution is 2.03. The molecule has 0 atom stereocenters. The molecule has 100 valence electrons. The molecule has 0 amide bonds. The van der Waals surface area contributed by atoms with Crippen LogP contribution in [0.1, 0.15) is 18.4 Å². The summed E-state index contributed by atoms with van der Waals surface area (Å²) in [4.78, 5) is 14.2. The minimum absolute atomic E-state index is 0.334. The van der Waals surface area contributed by atoms with Crippen molar-refractivity contribution in [2.24, 2.45) is 7.05 Å². The average Bonchev–Trinajstić information content (AvgIpc) is 2.60. The van der Waals surface area contributed by atoms with Crippen LogP contribution in [0.15, 0.2) is 12.4 Å². The van der Waals surface area contributed by atoms with Crippen LogP contribution in [0.3, 0.4) is 0 Å². The molecule has 1 saturated heterocycles. The minimum atomic E-state index is 0.334. The number of Topliss-reactive ketones (excluding diaryl/α,β-unsaturated/α-hetero) is 1. The van der Waals surface area contributed by atoms with Crippen molar-refractivity contribution in [1.82, 2.24) is 20.0 Å². The quantitative estimate of drug-likeness (QED) is 0.812. The second kappa shape index (κ2) is 6.66. The molecule has 1 aliphatic heterocycles. The van der Waals surface area contributed by atoms with Gasteiger partial charge in [-0.1, -0.05) is 0 Å². The van der Waals surface area contributed by atoms with Gasteiger partial charge in [-0.3, -0.25) is 14.4 Å². The van der Waals surface area contributed by atoms with Crippen LogP contribution in [0.5, 0.6) is 0 Å². The van der Waals surface area contributed by atoms with E-state index in [0.29, 0.717) is 18.7 Å². The Bertz CT molecular complexity index is 380. The van der Waals surface area contributed by atoms with Gasteiger partial charge in [0.05, 0.1) is 12.7 Å². The summed E-state index contributed by atoms with van der Waals surface area (Å²) >= 11 is 0. The second-order valence-electron chi connectivity index (χ2n) is 4.94. The third-order valence-corrected chi connectivity index (χ3v) is 3.28. The molecule has 0 radical (unpaired) electrons. The van der Waals surface area contributed by atoms with E-state index >= 15 is 0 Å². The van der Waals surface area contributed by atoms with Gasteiger partial charge in [-0.05, 0) is 31.5 Å². The molecule has 0 saturated carbocycles. The molecule has 2 rings (SSSR count). The third-order valence-electron chi connectivity index (χ3n) is 3.28. The van der Waals surface area contributed by atoms with Crippen LogP contribution < -0.4 is 5.32 Å². The van der Waals surface area contributed by atoms with E-state index in [1.165, 1.54) is 0 Å². The van der Waals surface area contributed by atoms with Crippen molar-refractivity contribution in [2.45, 2.75) is 19.3 Å². The number of aromatic nitrogens is 2. The largest absolute Gasteiger partial charge is 0.315 e. The van der Waals surface area contributed by atoms with Crippen molar-refractivity contribution >= 4 is 5.78 Å². The van der Waals surface area contributed by atoms with Gasteiger partial charge in [0.15, 0.2) is 0 Å². The lowest BCUT2D eigenvalue weighted by atomic mass is 10.1. The first-order valence-electron chi connectivity index (χ1n) is 6.66. The zero-order chi connectivity index (χ0) is 12.8. The summed E-state index contributed by atoms with van der Waals surface area (Å²) in [5.41, 5.74) is 1.14. The molecule has 0 aliphatic carbocycles. The van der Waals surface area contributed by atoms with Gasteiger partial charge in [-0.25, -0.2) is 0 Å². The Morgan fingerprint density at radius 3 is 3.11 bits per heavy atom. The standard InChI is InChI=1S/C13H22N4O/c1-16-10-12(9-15-16)3-4-13(18)11-17-7-2-5-14-6-8-17/h9-10,14H,2-8,11H2,1H3. The molecule has 18 heavy (non-hydrogen) atoms. The van der Waals surface area contributed by atoms with Crippen molar-refractivity contribution in [1.29, 1.82) is 0 Å². The van der Waals surface area contributed by atoms with Crippen molar-refractivity contribution in [3.05, 3.63) is 18.0 Å². The van der Waals surface area contributed by atoms with Crippen LogP contribution in [-0.4, -0.2) is 53.2 Å². The first kappa shape index (κ1) is 13.2. The van der Waals surface area contributed by atoms with E-state index in [4.69, 9.17) is 0 Å². The Morgan fingerprint density at radius 1 is 1.44 bits per heavy atom. The van der Waals surface area contributed by atoms with Gasteiger partial charge in [-0.2, -0.15) is 5.10 Å². The summed E-state index contributed by atoms with van der Waals surface area (Å²) in [6.07, 6.45) is 6.37. The second-order valence-corrected chi connectivity index (χ2v) is 4.94. The van der Waals surface area contributed by atoms with E-state index in [1.54, 1.807) is 4.68 Å². The van der Waals surface area contributed by atoms with Gasteiger partial charge in [0, 0.05) is 32.8 Å². The smallest absolute Gasteiger partial charge is 0.147 e. The van der Waals surface area contributed by atoms with Crippen molar-refractivity contribution in [3.63, 3.8) is 0 Å². The van der Waals surface area contributed by atoms with E-state index in [0.717, 1.165) is 44.6 Å². The Balaban J connectivity index is 1.71. The first-order chi connectivity index (χ1) is 8.74. The number of ketones is 1. The molecule has 5 heteroatoms. The summed E-state index contributed by atoms with van der Waals surface area (Å²) in [5, 5.41) is 7.46. The topological polar surface area (TPSA) is 50.2 Å². The number of aryl methyl sites for hydroxylation is 2. The maximum atomic E-state index is 11.9. The van der Waals surface area contributed by atoms with Crippen molar-refractivity contribution < 1.29 is 4.79 Å². The Kier molecular flexibility index (Phi) is 4.90. The summed E-state index contributed by atoms with van der Waals surface area (Å²) in [6.45, 7) is 4.68. The fourth-order valence-corrected chi connectivity index (χ4v) is 2.27. The lowest BCUT2D eigenvalue weighted by Gasteiger charge is -2.18. The zero-order valence-electron chi connectivity index (χ0n) is 11.1. The number of carbonyl (C=O) groups excluding carboxylic acids is 1. The highest BCUT2D eigenvalue weighted by Gasteiger charge is 2.12. The Morgan fingerprint density at radius 2 is 2.33 bits per heavy atom. The lowest BCUT2D eigenvalue weighted by molar-refractivity contribution is -0.120. The molecule has 0 spiro atoms. The Hall–Kier alpha value is -1.20. The molecule has 1 fully saturated rings. The van der Waals surface area contributed by atoms with E-state index < -0.39 is 0 Å².